The topological polar surface area (TPSA) is 38.9 Å². The first kappa shape index (κ1) is 9.03. The van der Waals surface area contributed by atoms with Crippen molar-refractivity contribution in [2.24, 2.45) is 0 Å². The van der Waals surface area contributed by atoms with Crippen LogP contribution in [0.5, 0.6) is 0 Å². The van der Waals surface area contributed by atoms with Crippen molar-refractivity contribution in [3.63, 3.8) is 0 Å². The van der Waals surface area contributed by atoms with Crippen LogP contribution in [0.25, 0.3) is 11.1 Å². The molecule has 70 valence electrons. The molecule has 2 rings (SSSR count). The molecule has 2 N–H and O–H groups in total. The summed E-state index contributed by atoms with van der Waals surface area (Å²) in [5, 5.41) is 0.699. The normalized spacial score (nSPS) is 10.1. The fourth-order valence-electron chi connectivity index (χ4n) is 1.30. The molecule has 0 radical (unpaired) electrons. The van der Waals surface area contributed by atoms with Crippen molar-refractivity contribution in [1.82, 2.24) is 4.98 Å². The molecule has 0 unspecified atom stereocenters. The second-order valence-corrected chi connectivity index (χ2v) is 3.38. The van der Waals surface area contributed by atoms with E-state index in [1.807, 2.05) is 18.2 Å². The van der Waals surface area contributed by atoms with Gasteiger partial charge in [0.15, 0.2) is 0 Å². The number of hydrogen-bond acceptors (Lipinski definition) is 2. The Bertz CT molecular complexity index is 440. The molecule has 2 nitrogen and oxygen atoms in total. The number of halogens is 1. The van der Waals surface area contributed by atoms with Gasteiger partial charge in [-0.3, -0.25) is 4.98 Å². The molecule has 0 amide bonds. The lowest BCUT2D eigenvalue weighted by molar-refractivity contribution is 1.33. The molecule has 0 aliphatic rings. The zero-order chi connectivity index (χ0) is 9.97. The Kier molecular flexibility index (Phi) is 2.37. The average Bonchev–Trinajstić information content (AvgIpc) is 2.23. The van der Waals surface area contributed by atoms with Crippen molar-refractivity contribution in [1.29, 1.82) is 0 Å². The molecule has 0 saturated heterocycles. The van der Waals surface area contributed by atoms with Crippen molar-refractivity contribution in [2.45, 2.75) is 0 Å². The molecule has 3 heteroatoms. The molecule has 2 aromatic rings. The zero-order valence-corrected chi connectivity index (χ0v) is 8.20. The maximum Gasteiger partial charge on any atom is 0.0485 e. The first-order valence-electron chi connectivity index (χ1n) is 4.23. The highest BCUT2D eigenvalue weighted by atomic mass is 35.5. The molecule has 0 saturated carbocycles. The average molecular weight is 205 g/mol. The van der Waals surface area contributed by atoms with Crippen LogP contribution in [0.3, 0.4) is 0 Å². The number of nitrogen functional groups attached to an aromatic ring is 1. The lowest BCUT2D eigenvalue weighted by atomic mass is 10.1. The van der Waals surface area contributed by atoms with E-state index in [1.165, 1.54) is 0 Å². The third-order valence-corrected chi connectivity index (χ3v) is 2.31. The van der Waals surface area contributed by atoms with E-state index in [-0.39, 0.29) is 0 Å². The van der Waals surface area contributed by atoms with E-state index in [0.29, 0.717) is 10.7 Å². The number of aromatic nitrogens is 1. The Labute approximate surface area is 87.4 Å². The van der Waals surface area contributed by atoms with Gasteiger partial charge in [-0.05, 0) is 35.9 Å². The van der Waals surface area contributed by atoms with Gasteiger partial charge < -0.3 is 5.73 Å². The van der Waals surface area contributed by atoms with Crippen LogP contribution in [-0.2, 0) is 0 Å². The van der Waals surface area contributed by atoms with Crippen LogP contribution in [-0.4, -0.2) is 4.98 Å². The molecule has 14 heavy (non-hydrogen) atoms. The predicted octanol–water partition coefficient (Wildman–Crippen LogP) is 2.98. The summed E-state index contributed by atoms with van der Waals surface area (Å²) in [5.41, 5.74) is 8.36. The number of rotatable bonds is 1. The molecular weight excluding hydrogens is 196 g/mol. The second-order valence-electron chi connectivity index (χ2n) is 2.98. The smallest absolute Gasteiger partial charge is 0.0485 e. The number of hydrogen-bond donors (Lipinski definition) is 1. The zero-order valence-electron chi connectivity index (χ0n) is 7.44. The summed E-state index contributed by atoms with van der Waals surface area (Å²) in [7, 11) is 0. The lowest BCUT2D eigenvalue weighted by Crippen LogP contribution is -1.86. The Morgan fingerprint density at radius 2 is 1.79 bits per heavy atom. The molecule has 1 aromatic heterocycles. The highest BCUT2D eigenvalue weighted by Gasteiger charge is 2.02. The van der Waals surface area contributed by atoms with Gasteiger partial charge in [-0.15, -0.1) is 0 Å². The summed E-state index contributed by atoms with van der Waals surface area (Å²) in [4.78, 5) is 3.95. The first-order chi connectivity index (χ1) is 6.77. The monoisotopic (exact) mass is 204 g/mol. The largest absolute Gasteiger partial charge is 0.399 e. The molecule has 0 bridgehead atoms. The van der Waals surface area contributed by atoms with E-state index < -0.39 is 0 Å². The second kappa shape index (κ2) is 3.68. The van der Waals surface area contributed by atoms with Gasteiger partial charge in [-0.2, -0.15) is 0 Å². The van der Waals surface area contributed by atoms with Gasteiger partial charge in [0.2, 0.25) is 0 Å². The fourth-order valence-corrected chi connectivity index (χ4v) is 1.52. The molecular formula is C11H9ClN2. The Morgan fingerprint density at radius 1 is 1.07 bits per heavy atom. The lowest BCUT2D eigenvalue weighted by Gasteiger charge is -2.04. The predicted molar refractivity (Wildman–Crippen MR) is 59.1 cm³/mol. The van der Waals surface area contributed by atoms with E-state index in [0.717, 1.165) is 11.1 Å². The molecule has 0 aliphatic heterocycles. The van der Waals surface area contributed by atoms with Crippen LogP contribution in [0.15, 0.2) is 42.7 Å². The summed E-state index contributed by atoms with van der Waals surface area (Å²) in [5.74, 6) is 0. The molecule has 1 aromatic carbocycles. The fraction of sp³-hybridized carbons (Fsp3) is 0. The van der Waals surface area contributed by atoms with E-state index in [2.05, 4.69) is 4.98 Å². The van der Waals surface area contributed by atoms with Gasteiger partial charge >= 0.3 is 0 Å². The molecule has 0 atom stereocenters. The van der Waals surface area contributed by atoms with Crippen molar-refractivity contribution in [3.8, 4) is 11.1 Å². The first-order valence-corrected chi connectivity index (χ1v) is 4.60. The summed E-state index contributed by atoms with van der Waals surface area (Å²) in [6.07, 6.45) is 3.46. The van der Waals surface area contributed by atoms with Gasteiger partial charge in [-0.1, -0.05) is 11.6 Å². The van der Waals surface area contributed by atoms with Crippen LogP contribution in [0, 0.1) is 0 Å². The number of nitrogens with zero attached hydrogens (tertiary/aromatic N) is 1. The van der Waals surface area contributed by atoms with Gasteiger partial charge in [0, 0.05) is 28.7 Å². The van der Waals surface area contributed by atoms with Crippen LogP contribution in [0.2, 0.25) is 5.02 Å². The highest BCUT2D eigenvalue weighted by Crippen LogP contribution is 2.28. The van der Waals surface area contributed by atoms with E-state index >= 15 is 0 Å². The minimum Gasteiger partial charge on any atom is -0.399 e. The van der Waals surface area contributed by atoms with Crippen LogP contribution >= 0.6 is 11.6 Å². The summed E-state index contributed by atoms with van der Waals surface area (Å²) < 4.78 is 0. The van der Waals surface area contributed by atoms with Gasteiger partial charge in [-0.25, -0.2) is 0 Å². The quantitative estimate of drug-likeness (QED) is 0.726. The van der Waals surface area contributed by atoms with Crippen molar-refractivity contribution < 1.29 is 0 Å². The maximum atomic E-state index is 6.05. The van der Waals surface area contributed by atoms with Gasteiger partial charge in [0.1, 0.15) is 0 Å². The summed E-state index contributed by atoms with van der Waals surface area (Å²) in [6, 6.07) is 9.25. The maximum absolute atomic E-state index is 6.05. The minimum absolute atomic E-state index is 0.699. The van der Waals surface area contributed by atoms with Crippen LogP contribution in [0.1, 0.15) is 0 Å². The summed E-state index contributed by atoms with van der Waals surface area (Å²) >= 11 is 6.05. The van der Waals surface area contributed by atoms with Gasteiger partial charge in [0.25, 0.3) is 0 Å². The Morgan fingerprint density at radius 3 is 2.50 bits per heavy atom. The SMILES string of the molecule is Nc1ccc(Cl)c(-c2ccncc2)c1. The number of pyridine rings is 1. The van der Waals surface area contributed by atoms with E-state index in [9.17, 15) is 0 Å². The molecule has 0 spiro atoms. The minimum atomic E-state index is 0.699. The van der Waals surface area contributed by atoms with E-state index in [4.69, 9.17) is 17.3 Å². The molecule has 1 heterocycles. The van der Waals surface area contributed by atoms with Crippen LogP contribution in [0.4, 0.5) is 5.69 Å². The number of benzene rings is 1. The van der Waals surface area contributed by atoms with Crippen molar-refractivity contribution in [2.75, 3.05) is 5.73 Å². The third kappa shape index (κ3) is 1.70. The van der Waals surface area contributed by atoms with E-state index in [1.54, 1.807) is 24.5 Å². The molecule has 0 fully saturated rings. The van der Waals surface area contributed by atoms with Crippen molar-refractivity contribution >= 4 is 17.3 Å². The van der Waals surface area contributed by atoms with Crippen LogP contribution < -0.4 is 5.73 Å². The number of anilines is 1. The Hall–Kier alpha value is -1.54. The standard InChI is InChI=1S/C11H9ClN2/c12-11-2-1-9(13)7-10(11)8-3-5-14-6-4-8/h1-7H,13H2. The summed E-state index contributed by atoms with van der Waals surface area (Å²) in [6.45, 7) is 0. The molecule has 0 aliphatic carbocycles. The number of nitrogens with two attached hydrogens (primary N) is 1. The van der Waals surface area contributed by atoms with Gasteiger partial charge in [0.05, 0.1) is 0 Å². The highest BCUT2D eigenvalue weighted by molar-refractivity contribution is 6.33. The van der Waals surface area contributed by atoms with Crippen molar-refractivity contribution in [3.05, 3.63) is 47.7 Å². The third-order valence-electron chi connectivity index (χ3n) is 1.98. The Balaban J connectivity index is 2.57.